The summed E-state index contributed by atoms with van der Waals surface area (Å²) in [5.74, 6) is -0.0908. The number of rotatable bonds is 10. The van der Waals surface area contributed by atoms with Gasteiger partial charge in [-0.05, 0) is 74.9 Å². The van der Waals surface area contributed by atoms with Crippen LogP contribution in [0.3, 0.4) is 0 Å². The monoisotopic (exact) mass is 485 g/mol. The summed E-state index contributed by atoms with van der Waals surface area (Å²) in [6.45, 7) is 9.16. The zero-order valence-corrected chi connectivity index (χ0v) is 21.8. The van der Waals surface area contributed by atoms with Crippen molar-refractivity contribution in [2.45, 2.75) is 65.5 Å². The number of nitrogens with one attached hydrogen (secondary N) is 1. The Morgan fingerprint density at radius 3 is 2.38 bits per heavy atom. The molecule has 186 valence electrons. The molecule has 2 aromatic rings. The van der Waals surface area contributed by atoms with E-state index in [2.05, 4.69) is 17.1 Å². The van der Waals surface area contributed by atoms with Crippen LogP contribution in [0.15, 0.2) is 42.5 Å². The van der Waals surface area contributed by atoms with Gasteiger partial charge in [-0.15, -0.1) is 0 Å². The fourth-order valence-corrected chi connectivity index (χ4v) is 5.89. The van der Waals surface area contributed by atoms with Gasteiger partial charge >= 0.3 is 0 Å². The molecule has 2 aromatic carbocycles. The van der Waals surface area contributed by atoms with Crippen LogP contribution < -0.4 is 9.62 Å². The van der Waals surface area contributed by atoms with Crippen LogP contribution in [0.5, 0.6) is 0 Å². The lowest BCUT2D eigenvalue weighted by molar-refractivity contribution is 0.0947. The molecule has 0 aliphatic carbocycles. The highest BCUT2D eigenvalue weighted by Gasteiger charge is 2.22. The van der Waals surface area contributed by atoms with E-state index in [-0.39, 0.29) is 12.5 Å². The van der Waals surface area contributed by atoms with Crippen molar-refractivity contribution in [3.05, 3.63) is 64.7 Å². The highest BCUT2D eigenvalue weighted by molar-refractivity contribution is 7.92. The number of para-hydroxylation sites is 1. The van der Waals surface area contributed by atoms with Crippen molar-refractivity contribution in [1.29, 1.82) is 0 Å². The van der Waals surface area contributed by atoms with Gasteiger partial charge in [-0.1, -0.05) is 43.7 Å². The van der Waals surface area contributed by atoms with Gasteiger partial charge in [-0.3, -0.25) is 9.10 Å². The van der Waals surface area contributed by atoms with Gasteiger partial charge < -0.3 is 10.2 Å². The van der Waals surface area contributed by atoms with Gasteiger partial charge in [0.25, 0.3) is 5.91 Å². The smallest absolute Gasteiger partial charge is 0.251 e. The molecule has 1 saturated heterocycles. The number of aryl methyl sites for hydroxylation is 2. The molecule has 3 rings (SSSR count). The second kappa shape index (κ2) is 11.8. The van der Waals surface area contributed by atoms with Crippen LogP contribution in [0, 0.1) is 13.8 Å². The fraction of sp³-hybridized carbons (Fsp3) is 0.519. The standard InChI is InChI=1S/C27H39N3O3S/c1-5-25-12-6-7-18-29(25)19-9-17-28-27(31)24-15-13-23(14-16-24)20-30(34(4,32)33)26-21(2)10-8-11-22(26)3/h8,10-11,13-16,25H,5-7,9,12,17-20H2,1-4H3,(H,28,31)/t25-/m0/s1. The Bertz CT molecular complexity index is 1050. The van der Waals surface area contributed by atoms with E-state index in [1.165, 1.54) is 42.8 Å². The first-order valence-corrected chi connectivity index (χ1v) is 14.2. The van der Waals surface area contributed by atoms with Crippen molar-refractivity contribution < 1.29 is 13.2 Å². The van der Waals surface area contributed by atoms with Gasteiger partial charge in [0.15, 0.2) is 0 Å². The fourth-order valence-electron chi connectivity index (χ4n) is 4.89. The number of hydrogen-bond acceptors (Lipinski definition) is 4. The number of likely N-dealkylation sites (tertiary alicyclic amines) is 1. The Hall–Kier alpha value is -2.38. The highest BCUT2D eigenvalue weighted by Crippen LogP contribution is 2.28. The molecule has 6 nitrogen and oxygen atoms in total. The highest BCUT2D eigenvalue weighted by atomic mass is 32.2. The normalized spacial score (nSPS) is 16.9. The Morgan fingerprint density at radius 1 is 1.09 bits per heavy atom. The topological polar surface area (TPSA) is 69.7 Å². The predicted octanol–water partition coefficient (Wildman–Crippen LogP) is 4.65. The summed E-state index contributed by atoms with van der Waals surface area (Å²) >= 11 is 0. The summed E-state index contributed by atoms with van der Waals surface area (Å²) in [5, 5.41) is 3.02. The molecule has 0 saturated carbocycles. The maximum atomic E-state index is 12.6. The molecule has 0 aromatic heterocycles. The van der Waals surface area contributed by atoms with E-state index in [1.807, 2.05) is 44.2 Å². The molecule has 1 atom stereocenters. The summed E-state index contributed by atoms with van der Waals surface area (Å²) in [7, 11) is -3.47. The number of benzene rings is 2. The molecular weight excluding hydrogens is 446 g/mol. The second-order valence-corrected chi connectivity index (χ2v) is 11.3. The molecule has 1 aliphatic rings. The quantitative estimate of drug-likeness (QED) is 0.497. The molecule has 0 spiro atoms. The number of sulfonamides is 1. The van der Waals surface area contributed by atoms with Crippen LogP contribution in [0.25, 0.3) is 0 Å². The minimum Gasteiger partial charge on any atom is -0.352 e. The summed E-state index contributed by atoms with van der Waals surface area (Å²) in [6.07, 6.45) is 7.25. The SMILES string of the molecule is CC[C@H]1CCCCN1CCCNC(=O)c1ccc(CN(c2c(C)cccc2C)S(C)(=O)=O)cc1. The molecule has 0 unspecified atom stereocenters. The van der Waals surface area contributed by atoms with Crippen LogP contribution in [0.4, 0.5) is 5.69 Å². The van der Waals surface area contributed by atoms with Crippen molar-refractivity contribution in [2.24, 2.45) is 0 Å². The van der Waals surface area contributed by atoms with E-state index < -0.39 is 10.0 Å². The average Bonchev–Trinajstić information content (AvgIpc) is 2.81. The Kier molecular flexibility index (Phi) is 9.14. The first kappa shape index (κ1) is 26.2. The number of amides is 1. The van der Waals surface area contributed by atoms with Gasteiger partial charge in [-0.25, -0.2) is 8.42 Å². The van der Waals surface area contributed by atoms with Crippen LogP contribution in [0.2, 0.25) is 0 Å². The molecule has 0 radical (unpaired) electrons. The maximum absolute atomic E-state index is 12.6. The van der Waals surface area contributed by atoms with Crippen molar-refractivity contribution in [1.82, 2.24) is 10.2 Å². The lowest BCUT2D eigenvalue weighted by atomic mass is 10.00. The zero-order chi connectivity index (χ0) is 24.7. The summed E-state index contributed by atoms with van der Waals surface area (Å²) in [6, 6.07) is 13.7. The number of nitrogens with zero attached hydrogens (tertiary/aromatic N) is 2. The number of piperidine rings is 1. The Labute approximate surface area is 205 Å². The van der Waals surface area contributed by atoms with E-state index in [0.717, 1.165) is 29.7 Å². The van der Waals surface area contributed by atoms with E-state index in [9.17, 15) is 13.2 Å². The number of carbonyl (C=O) groups excluding carboxylic acids is 1. The van der Waals surface area contributed by atoms with Crippen LogP contribution >= 0.6 is 0 Å². The van der Waals surface area contributed by atoms with Crippen LogP contribution in [-0.4, -0.2) is 51.2 Å². The van der Waals surface area contributed by atoms with E-state index in [0.29, 0.717) is 23.8 Å². The van der Waals surface area contributed by atoms with Crippen molar-refractivity contribution in [2.75, 3.05) is 30.2 Å². The third-order valence-electron chi connectivity index (χ3n) is 6.76. The Balaban J connectivity index is 1.57. The van der Waals surface area contributed by atoms with Crippen molar-refractivity contribution >= 4 is 21.6 Å². The average molecular weight is 486 g/mol. The molecule has 1 aliphatic heterocycles. The van der Waals surface area contributed by atoms with Crippen LogP contribution in [0.1, 0.15) is 66.1 Å². The van der Waals surface area contributed by atoms with Gasteiger partial charge in [0, 0.05) is 24.7 Å². The van der Waals surface area contributed by atoms with Gasteiger partial charge in [0.1, 0.15) is 0 Å². The predicted molar refractivity (Wildman–Crippen MR) is 140 cm³/mol. The molecule has 1 heterocycles. The van der Waals surface area contributed by atoms with E-state index in [1.54, 1.807) is 12.1 Å². The molecule has 0 bridgehead atoms. The second-order valence-electron chi connectivity index (χ2n) is 9.41. The number of anilines is 1. The lowest BCUT2D eigenvalue weighted by Gasteiger charge is -2.35. The summed E-state index contributed by atoms with van der Waals surface area (Å²) in [4.78, 5) is 15.2. The van der Waals surface area contributed by atoms with E-state index >= 15 is 0 Å². The van der Waals surface area contributed by atoms with Gasteiger partial charge in [0.05, 0.1) is 18.5 Å². The van der Waals surface area contributed by atoms with Crippen molar-refractivity contribution in [3.63, 3.8) is 0 Å². The van der Waals surface area contributed by atoms with Crippen LogP contribution in [-0.2, 0) is 16.6 Å². The first-order valence-electron chi connectivity index (χ1n) is 12.4. The molecule has 1 amide bonds. The van der Waals surface area contributed by atoms with Gasteiger partial charge in [-0.2, -0.15) is 0 Å². The summed E-state index contributed by atoms with van der Waals surface area (Å²) in [5.41, 5.74) is 3.96. The first-order chi connectivity index (χ1) is 16.2. The van der Waals surface area contributed by atoms with Crippen molar-refractivity contribution in [3.8, 4) is 0 Å². The molecule has 1 fully saturated rings. The summed E-state index contributed by atoms with van der Waals surface area (Å²) < 4.78 is 26.6. The third kappa shape index (κ3) is 6.83. The maximum Gasteiger partial charge on any atom is 0.251 e. The van der Waals surface area contributed by atoms with Gasteiger partial charge in [0.2, 0.25) is 10.0 Å². The minimum atomic E-state index is -3.47. The zero-order valence-electron chi connectivity index (χ0n) is 21.0. The molecule has 1 N–H and O–H groups in total. The lowest BCUT2D eigenvalue weighted by Crippen LogP contribution is -2.40. The van der Waals surface area contributed by atoms with E-state index in [4.69, 9.17) is 0 Å². The Morgan fingerprint density at radius 2 is 1.76 bits per heavy atom. The minimum absolute atomic E-state index is 0.0908. The molecule has 34 heavy (non-hydrogen) atoms. The third-order valence-corrected chi connectivity index (χ3v) is 7.87. The molecular formula is C27H39N3O3S. The number of hydrogen-bond donors (Lipinski definition) is 1. The largest absolute Gasteiger partial charge is 0.352 e. The molecule has 7 heteroatoms. The number of carbonyl (C=O) groups is 1.